The van der Waals surface area contributed by atoms with Crippen molar-refractivity contribution < 1.29 is 22.7 Å². The Morgan fingerprint density at radius 1 is 1.12 bits per heavy atom. The molecule has 24 heavy (non-hydrogen) atoms. The molecule has 4 nitrogen and oxygen atoms in total. The van der Waals surface area contributed by atoms with Gasteiger partial charge in [0.25, 0.3) is 0 Å². The number of anilines is 1. The van der Waals surface area contributed by atoms with Crippen LogP contribution in [0.3, 0.4) is 0 Å². The van der Waals surface area contributed by atoms with E-state index >= 15 is 0 Å². The summed E-state index contributed by atoms with van der Waals surface area (Å²) in [5.74, 6) is -0.427. The van der Waals surface area contributed by atoms with Crippen LogP contribution in [-0.2, 0) is 17.4 Å². The molecule has 0 radical (unpaired) electrons. The van der Waals surface area contributed by atoms with E-state index in [-0.39, 0.29) is 17.4 Å². The Hall–Kier alpha value is -2.54. The lowest BCUT2D eigenvalue weighted by Gasteiger charge is -2.31. The van der Waals surface area contributed by atoms with Gasteiger partial charge in [0.05, 0.1) is 17.3 Å². The standard InChI is InChI=1S/C17H15F3N2O2/c1-22-15-10(9-12(21)16(22)23)5-4-8-14(15)24-13-7-3-2-6-11(13)17(18,19)20/h2-8,12H,9,21H2,1H3/t12-/m1/s1. The Balaban J connectivity index is 2.05. The largest absolute Gasteiger partial charge is 0.455 e. The van der Waals surface area contributed by atoms with Gasteiger partial charge in [-0.15, -0.1) is 0 Å². The highest BCUT2D eigenvalue weighted by atomic mass is 19.4. The molecule has 0 spiro atoms. The molecule has 2 N–H and O–H groups in total. The summed E-state index contributed by atoms with van der Waals surface area (Å²) in [7, 11) is 1.53. The molecule has 2 aromatic carbocycles. The van der Waals surface area contributed by atoms with E-state index in [1.54, 1.807) is 12.1 Å². The molecule has 7 heteroatoms. The van der Waals surface area contributed by atoms with Crippen molar-refractivity contribution in [2.24, 2.45) is 5.73 Å². The molecule has 0 unspecified atom stereocenters. The van der Waals surface area contributed by atoms with Crippen molar-refractivity contribution in [2.45, 2.75) is 18.6 Å². The van der Waals surface area contributed by atoms with E-state index in [4.69, 9.17) is 10.5 Å². The molecule has 0 aliphatic carbocycles. The van der Waals surface area contributed by atoms with Gasteiger partial charge >= 0.3 is 6.18 Å². The zero-order valence-corrected chi connectivity index (χ0v) is 12.8. The molecule has 1 atom stereocenters. The van der Waals surface area contributed by atoms with E-state index in [9.17, 15) is 18.0 Å². The highest BCUT2D eigenvalue weighted by Crippen LogP contribution is 2.42. The fourth-order valence-corrected chi connectivity index (χ4v) is 2.79. The lowest BCUT2D eigenvalue weighted by molar-refractivity contribution is -0.138. The summed E-state index contributed by atoms with van der Waals surface area (Å²) >= 11 is 0. The minimum absolute atomic E-state index is 0.187. The molecule has 3 rings (SSSR count). The number of carbonyl (C=O) groups is 1. The van der Waals surface area contributed by atoms with Crippen LogP contribution in [0, 0.1) is 0 Å². The number of nitrogens with zero attached hydrogens (tertiary/aromatic N) is 1. The number of halogens is 3. The van der Waals surface area contributed by atoms with Crippen molar-refractivity contribution in [3.8, 4) is 11.5 Å². The summed E-state index contributed by atoms with van der Waals surface area (Å²) in [4.78, 5) is 13.4. The van der Waals surface area contributed by atoms with Crippen molar-refractivity contribution in [1.29, 1.82) is 0 Å². The van der Waals surface area contributed by atoms with Gasteiger partial charge in [-0.3, -0.25) is 4.79 Å². The molecular formula is C17H15F3N2O2. The predicted molar refractivity (Wildman–Crippen MR) is 83.0 cm³/mol. The van der Waals surface area contributed by atoms with E-state index < -0.39 is 17.8 Å². The maximum Gasteiger partial charge on any atom is 0.419 e. The molecule has 0 fully saturated rings. The molecular weight excluding hydrogens is 321 g/mol. The summed E-state index contributed by atoms with van der Waals surface area (Å²) < 4.78 is 44.9. The van der Waals surface area contributed by atoms with E-state index in [0.717, 1.165) is 11.6 Å². The monoisotopic (exact) mass is 336 g/mol. The summed E-state index contributed by atoms with van der Waals surface area (Å²) in [6, 6.07) is 9.28. The third kappa shape index (κ3) is 2.82. The van der Waals surface area contributed by atoms with E-state index in [0.29, 0.717) is 12.1 Å². The number of para-hydroxylation sites is 2. The van der Waals surface area contributed by atoms with Gasteiger partial charge in [-0.1, -0.05) is 24.3 Å². The Morgan fingerprint density at radius 3 is 2.50 bits per heavy atom. The topological polar surface area (TPSA) is 55.6 Å². The van der Waals surface area contributed by atoms with Gasteiger partial charge in [0.15, 0.2) is 5.75 Å². The van der Waals surface area contributed by atoms with Crippen molar-refractivity contribution in [2.75, 3.05) is 11.9 Å². The number of rotatable bonds is 2. The molecule has 0 saturated carbocycles. The molecule has 0 aromatic heterocycles. The minimum Gasteiger partial charge on any atom is -0.455 e. The predicted octanol–water partition coefficient (Wildman–Crippen LogP) is 3.34. The first-order chi connectivity index (χ1) is 11.3. The molecule has 126 valence electrons. The van der Waals surface area contributed by atoms with Gasteiger partial charge in [-0.25, -0.2) is 0 Å². The first-order valence-electron chi connectivity index (χ1n) is 7.28. The highest BCUT2D eigenvalue weighted by Gasteiger charge is 2.35. The second-order valence-corrected chi connectivity index (χ2v) is 5.57. The van der Waals surface area contributed by atoms with Crippen LogP contribution in [-0.4, -0.2) is 19.0 Å². The van der Waals surface area contributed by atoms with Crippen molar-refractivity contribution in [3.05, 3.63) is 53.6 Å². The average Bonchev–Trinajstić information content (AvgIpc) is 2.52. The van der Waals surface area contributed by atoms with Gasteiger partial charge in [0.2, 0.25) is 5.91 Å². The fourth-order valence-electron chi connectivity index (χ4n) is 2.79. The number of hydrogen-bond acceptors (Lipinski definition) is 3. The first kappa shape index (κ1) is 16.3. The number of benzene rings is 2. The molecule has 0 bridgehead atoms. The van der Waals surface area contributed by atoms with Crippen molar-refractivity contribution in [3.63, 3.8) is 0 Å². The Bertz CT molecular complexity index is 790. The summed E-state index contributed by atoms with van der Waals surface area (Å²) in [5, 5.41) is 0. The molecule has 2 aromatic rings. The number of fused-ring (bicyclic) bond motifs is 1. The summed E-state index contributed by atoms with van der Waals surface area (Å²) in [6.45, 7) is 0. The molecule has 1 amide bonds. The summed E-state index contributed by atoms with van der Waals surface area (Å²) in [6.07, 6.45) is -4.22. The quantitative estimate of drug-likeness (QED) is 0.915. The van der Waals surface area contributed by atoms with Gasteiger partial charge in [0.1, 0.15) is 5.75 Å². The minimum atomic E-state index is -4.53. The third-order valence-electron chi connectivity index (χ3n) is 3.92. The van der Waals surface area contributed by atoms with Crippen LogP contribution in [0.1, 0.15) is 11.1 Å². The summed E-state index contributed by atoms with van der Waals surface area (Å²) in [5.41, 5.74) is 6.12. The zero-order chi connectivity index (χ0) is 17.5. The number of nitrogens with two attached hydrogens (primary N) is 1. The molecule has 1 aliphatic rings. The van der Waals surface area contributed by atoms with Crippen LogP contribution in [0.15, 0.2) is 42.5 Å². The van der Waals surface area contributed by atoms with Crippen LogP contribution in [0.5, 0.6) is 11.5 Å². The Kier molecular flexibility index (Phi) is 3.96. The van der Waals surface area contributed by atoms with Gasteiger partial charge in [-0.2, -0.15) is 13.2 Å². The van der Waals surface area contributed by atoms with E-state index in [1.807, 2.05) is 0 Å². The van der Waals surface area contributed by atoms with Crippen LogP contribution in [0.25, 0.3) is 0 Å². The van der Waals surface area contributed by atoms with E-state index in [1.165, 1.54) is 36.2 Å². The van der Waals surface area contributed by atoms with Crippen LogP contribution < -0.4 is 15.4 Å². The average molecular weight is 336 g/mol. The van der Waals surface area contributed by atoms with Gasteiger partial charge < -0.3 is 15.4 Å². The van der Waals surface area contributed by atoms with Crippen LogP contribution >= 0.6 is 0 Å². The lowest BCUT2D eigenvalue weighted by atomic mass is 9.97. The normalized spacial score (nSPS) is 17.6. The smallest absolute Gasteiger partial charge is 0.419 e. The SMILES string of the molecule is CN1C(=O)[C@H](N)Cc2cccc(Oc3ccccc3C(F)(F)F)c21. The zero-order valence-electron chi connectivity index (χ0n) is 12.8. The highest BCUT2D eigenvalue weighted by molar-refractivity contribution is 6.01. The van der Waals surface area contributed by atoms with Crippen molar-refractivity contribution >= 4 is 11.6 Å². The Labute approximate surface area is 136 Å². The van der Waals surface area contributed by atoms with Crippen LogP contribution in [0.2, 0.25) is 0 Å². The van der Waals surface area contributed by atoms with Crippen LogP contribution in [0.4, 0.5) is 18.9 Å². The van der Waals surface area contributed by atoms with Crippen molar-refractivity contribution in [1.82, 2.24) is 0 Å². The van der Waals surface area contributed by atoms with Gasteiger partial charge in [0, 0.05) is 7.05 Å². The lowest BCUT2D eigenvalue weighted by Crippen LogP contribution is -2.47. The number of alkyl halides is 3. The fraction of sp³-hybridized carbons (Fsp3) is 0.235. The number of likely N-dealkylation sites (N-methyl/N-ethyl adjacent to an activating group) is 1. The number of amides is 1. The number of carbonyl (C=O) groups excluding carboxylic acids is 1. The van der Waals surface area contributed by atoms with Gasteiger partial charge in [-0.05, 0) is 30.2 Å². The Morgan fingerprint density at radius 2 is 1.79 bits per heavy atom. The third-order valence-corrected chi connectivity index (χ3v) is 3.92. The maximum atomic E-state index is 13.1. The molecule has 0 saturated heterocycles. The molecule has 1 heterocycles. The second-order valence-electron chi connectivity index (χ2n) is 5.57. The second kappa shape index (κ2) is 5.83. The first-order valence-corrected chi connectivity index (χ1v) is 7.28. The number of hydrogen-bond donors (Lipinski definition) is 1. The molecule has 1 aliphatic heterocycles. The van der Waals surface area contributed by atoms with E-state index in [2.05, 4.69) is 0 Å². The number of ether oxygens (including phenoxy) is 1. The maximum absolute atomic E-state index is 13.1.